The molecule has 116 valence electrons. The van der Waals surface area contributed by atoms with Crippen LogP contribution in [0.2, 0.25) is 0 Å². The fraction of sp³-hybridized carbons (Fsp3) is 0.562. The smallest absolute Gasteiger partial charge is 0.217 e. The Morgan fingerprint density at radius 3 is 2.95 bits per heavy atom. The molecule has 5 heteroatoms. The summed E-state index contributed by atoms with van der Waals surface area (Å²) in [6.07, 6.45) is 1.92. The van der Waals surface area contributed by atoms with Crippen molar-refractivity contribution in [1.29, 1.82) is 0 Å². The van der Waals surface area contributed by atoms with Crippen molar-refractivity contribution in [2.45, 2.75) is 44.8 Å². The van der Waals surface area contributed by atoms with Crippen LogP contribution >= 0.6 is 15.9 Å². The fourth-order valence-corrected chi connectivity index (χ4v) is 3.50. The molecule has 3 N–H and O–H groups in total. The van der Waals surface area contributed by atoms with Gasteiger partial charge in [0.2, 0.25) is 5.91 Å². The van der Waals surface area contributed by atoms with Crippen LogP contribution in [-0.2, 0) is 4.79 Å². The van der Waals surface area contributed by atoms with E-state index in [0.29, 0.717) is 0 Å². The van der Waals surface area contributed by atoms with Gasteiger partial charge in [0, 0.05) is 42.6 Å². The Kier molecular flexibility index (Phi) is 5.79. The van der Waals surface area contributed by atoms with Crippen LogP contribution in [-0.4, -0.2) is 36.0 Å². The molecule has 0 aliphatic carbocycles. The van der Waals surface area contributed by atoms with E-state index in [4.69, 9.17) is 5.73 Å². The molecule has 1 aromatic carbocycles. The first kappa shape index (κ1) is 16.5. The van der Waals surface area contributed by atoms with E-state index < -0.39 is 0 Å². The van der Waals surface area contributed by atoms with Crippen LogP contribution in [0.5, 0.6) is 0 Å². The molecule has 1 fully saturated rings. The van der Waals surface area contributed by atoms with E-state index in [1.165, 1.54) is 5.56 Å². The summed E-state index contributed by atoms with van der Waals surface area (Å²) in [5.41, 5.74) is 7.62. The van der Waals surface area contributed by atoms with E-state index in [2.05, 4.69) is 51.3 Å². The highest BCUT2D eigenvalue weighted by molar-refractivity contribution is 9.10. The van der Waals surface area contributed by atoms with E-state index in [1.807, 2.05) is 6.07 Å². The van der Waals surface area contributed by atoms with E-state index in [9.17, 15) is 4.79 Å². The van der Waals surface area contributed by atoms with Gasteiger partial charge >= 0.3 is 0 Å². The second-order valence-corrected chi connectivity index (χ2v) is 6.67. The van der Waals surface area contributed by atoms with Crippen molar-refractivity contribution in [3.63, 3.8) is 0 Å². The number of nitrogens with one attached hydrogen (secondary N) is 1. The minimum absolute atomic E-state index is 0.0423. The molecular formula is C16H24BrN3O. The number of nitrogens with zero attached hydrogens (tertiary/aromatic N) is 1. The van der Waals surface area contributed by atoms with Crippen molar-refractivity contribution in [3.05, 3.63) is 34.3 Å². The summed E-state index contributed by atoms with van der Waals surface area (Å²) in [5, 5.41) is 3.02. The predicted octanol–water partition coefficient (Wildman–Crippen LogP) is 2.44. The second-order valence-electron chi connectivity index (χ2n) is 5.75. The minimum atomic E-state index is 0.0423. The summed E-state index contributed by atoms with van der Waals surface area (Å²) in [4.78, 5) is 13.6. The van der Waals surface area contributed by atoms with Crippen molar-refractivity contribution in [1.82, 2.24) is 10.2 Å². The molecule has 1 aromatic rings. The maximum atomic E-state index is 11.2. The molecule has 1 saturated heterocycles. The largest absolute Gasteiger partial charge is 0.352 e. The molecule has 3 atom stereocenters. The lowest BCUT2D eigenvalue weighted by atomic mass is 9.96. The van der Waals surface area contributed by atoms with Crippen LogP contribution < -0.4 is 11.1 Å². The van der Waals surface area contributed by atoms with Gasteiger partial charge in [-0.2, -0.15) is 0 Å². The van der Waals surface area contributed by atoms with E-state index in [-0.39, 0.29) is 24.0 Å². The Labute approximate surface area is 135 Å². The molecule has 4 nitrogen and oxygen atoms in total. The normalized spacial score (nSPS) is 22.0. The maximum Gasteiger partial charge on any atom is 0.217 e. The van der Waals surface area contributed by atoms with E-state index in [1.54, 1.807) is 6.92 Å². The Hall–Kier alpha value is -0.910. The molecule has 1 aliphatic heterocycles. The van der Waals surface area contributed by atoms with Gasteiger partial charge in [-0.1, -0.05) is 35.0 Å². The molecule has 0 aromatic heterocycles. The number of likely N-dealkylation sites (tertiary alicyclic amines) is 1. The number of carbonyl (C=O) groups excluding carboxylic acids is 1. The van der Waals surface area contributed by atoms with Gasteiger partial charge in [0.25, 0.3) is 0 Å². The van der Waals surface area contributed by atoms with Crippen LogP contribution in [0.25, 0.3) is 0 Å². The van der Waals surface area contributed by atoms with Gasteiger partial charge in [-0.25, -0.2) is 0 Å². The summed E-state index contributed by atoms with van der Waals surface area (Å²) in [5.74, 6) is 0.0423. The molecule has 1 amide bonds. The third-order valence-electron chi connectivity index (χ3n) is 4.09. The molecule has 1 aliphatic rings. The molecule has 0 saturated carbocycles. The third kappa shape index (κ3) is 4.28. The second kappa shape index (κ2) is 7.38. The van der Waals surface area contributed by atoms with Gasteiger partial charge in [-0.15, -0.1) is 0 Å². The average Bonchev–Trinajstić information content (AvgIpc) is 2.86. The van der Waals surface area contributed by atoms with Crippen LogP contribution in [0.3, 0.4) is 0 Å². The average molecular weight is 354 g/mol. The van der Waals surface area contributed by atoms with Crippen LogP contribution in [0, 0.1) is 0 Å². The number of nitrogens with two attached hydrogens (primary N) is 1. The molecule has 0 spiro atoms. The van der Waals surface area contributed by atoms with Crippen molar-refractivity contribution >= 4 is 21.8 Å². The molecule has 21 heavy (non-hydrogen) atoms. The summed E-state index contributed by atoms with van der Waals surface area (Å²) >= 11 is 3.54. The first-order valence-corrected chi connectivity index (χ1v) is 8.32. The highest BCUT2D eigenvalue weighted by atomic mass is 79.9. The first-order chi connectivity index (χ1) is 10.0. The summed E-state index contributed by atoms with van der Waals surface area (Å²) in [6, 6.07) is 8.89. The number of hydrogen-bond acceptors (Lipinski definition) is 3. The summed E-state index contributed by atoms with van der Waals surface area (Å²) in [6.45, 7) is 5.53. The number of rotatable bonds is 5. The number of benzene rings is 1. The van der Waals surface area contributed by atoms with E-state index >= 15 is 0 Å². The van der Waals surface area contributed by atoms with E-state index in [0.717, 1.165) is 30.4 Å². The van der Waals surface area contributed by atoms with Crippen LogP contribution in [0.1, 0.15) is 38.3 Å². The lowest BCUT2D eigenvalue weighted by molar-refractivity contribution is -0.119. The Morgan fingerprint density at radius 1 is 1.57 bits per heavy atom. The number of amides is 1. The third-order valence-corrected chi connectivity index (χ3v) is 4.58. The highest BCUT2D eigenvalue weighted by Crippen LogP contribution is 2.30. The lowest BCUT2D eigenvalue weighted by Gasteiger charge is -2.33. The van der Waals surface area contributed by atoms with Gasteiger partial charge in [-0.05, 0) is 30.5 Å². The van der Waals surface area contributed by atoms with Crippen LogP contribution in [0.15, 0.2) is 28.7 Å². The van der Waals surface area contributed by atoms with Gasteiger partial charge in [0.05, 0.1) is 0 Å². The first-order valence-electron chi connectivity index (χ1n) is 7.53. The summed E-state index contributed by atoms with van der Waals surface area (Å²) in [7, 11) is 0. The zero-order valence-corrected chi connectivity index (χ0v) is 14.3. The lowest BCUT2D eigenvalue weighted by Crippen LogP contribution is -2.42. The fourth-order valence-electron chi connectivity index (χ4n) is 3.09. The van der Waals surface area contributed by atoms with Crippen molar-refractivity contribution in [2.75, 3.05) is 13.1 Å². The van der Waals surface area contributed by atoms with Gasteiger partial charge in [-0.3, -0.25) is 9.69 Å². The van der Waals surface area contributed by atoms with Crippen molar-refractivity contribution in [2.24, 2.45) is 5.73 Å². The predicted molar refractivity (Wildman–Crippen MR) is 88.9 cm³/mol. The number of carbonyl (C=O) groups is 1. The van der Waals surface area contributed by atoms with Gasteiger partial charge in [0.1, 0.15) is 0 Å². The Morgan fingerprint density at radius 2 is 2.33 bits per heavy atom. The Balaban J connectivity index is 2.16. The summed E-state index contributed by atoms with van der Waals surface area (Å²) < 4.78 is 1.07. The minimum Gasteiger partial charge on any atom is -0.352 e. The Bertz CT molecular complexity index is 494. The molecular weight excluding hydrogens is 330 g/mol. The zero-order chi connectivity index (χ0) is 15.4. The molecule has 0 bridgehead atoms. The monoisotopic (exact) mass is 353 g/mol. The standard InChI is InChI=1S/C16H24BrN3O/c1-3-15(18)16(12-5-4-6-13(17)9-12)20-8-7-14(10-20)19-11(2)21/h4-6,9,14-16H,3,7-8,10,18H2,1-2H3,(H,19,21). The molecule has 0 radical (unpaired) electrons. The van der Waals surface area contributed by atoms with Crippen molar-refractivity contribution in [3.8, 4) is 0 Å². The van der Waals surface area contributed by atoms with Crippen molar-refractivity contribution < 1.29 is 4.79 Å². The van der Waals surface area contributed by atoms with Gasteiger partial charge in [0.15, 0.2) is 0 Å². The number of halogens is 1. The molecule has 1 heterocycles. The molecule has 2 rings (SSSR count). The maximum absolute atomic E-state index is 11.2. The molecule has 3 unspecified atom stereocenters. The topological polar surface area (TPSA) is 58.4 Å². The van der Waals surface area contributed by atoms with Crippen LogP contribution in [0.4, 0.5) is 0 Å². The highest BCUT2D eigenvalue weighted by Gasteiger charge is 2.32. The quantitative estimate of drug-likeness (QED) is 0.854. The zero-order valence-electron chi connectivity index (χ0n) is 12.7. The van der Waals surface area contributed by atoms with Gasteiger partial charge < -0.3 is 11.1 Å². The number of hydrogen-bond donors (Lipinski definition) is 2. The SMILES string of the molecule is CCC(N)C(c1cccc(Br)c1)N1CCC(NC(C)=O)C1.